The highest BCUT2D eigenvalue weighted by atomic mass is 16.3. The average molecular weight is 250 g/mol. The largest absolute Gasteiger partial charge is 0.398 e. The van der Waals surface area contributed by atoms with Crippen LogP contribution < -0.4 is 5.73 Å². The van der Waals surface area contributed by atoms with Crippen LogP contribution in [0.25, 0.3) is 0 Å². The summed E-state index contributed by atoms with van der Waals surface area (Å²) in [5, 5.41) is 8.90. The number of carbonyl (C=O) groups is 1. The molecule has 1 aromatic rings. The number of nitrogen functional groups attached to an aromatic ring is 1. The van der Waals surface area contributed by atoms with Gasteiger partial charge in [0.2, 0.25) is 0 Å². The second-order valence-electron chi connectivity index (χ2n) is 4.71. The monoisotopic (exact) mass is 250 g/mol. The van der Waals surface area contributed by atoms with Crippen molar-refractivity contribution >= 4 is 11.6 Å². The Morgan fingerprint density at radius 3 is 2.61 bits per heavy atom. The number of amides is 1. The minimum absolute atomic E-state index is 0.0611. The number of hydrogen-bond acceptors (Lipinski definition) is 3. The molecule has 4 nitrogen and oxygen atoms in total. The number of rotatable bonds is 5. The summed E-state index contributed by atoms with van der Waals surface area (Å²) in [4.78, 5) is 14.2. The SMILES string of the molecule is Cc1cccc(N)c1C(=O)N(CCCO)C(C)C. The summed E-state index contributed by atoms with van der Waals surface area (Å²) in [5.74, 6) is -0.0611. The minimum Gasteiger partial charge on any atom is -0.398 e. The molecular weight excluding hydrogens is 228 g/mol. The van der Waals surface area contributed by atoms with Crippen LogP contribution in [0.1, 0.15) is 36.2 Å². The maximum absolute atomic E-state index is 12.5. The van der Waals surface area contributed by atoms with Gasteiger partial charge in [-0.3, -0.25) is 4.79 Å². The molecule has 100 valence electrons. The zero-order valence-electron chi connectivity index (χ0n) is 11.3. The highest BCUT2D eigenvalue weighted by Gasteiger charge is 2.21. The van der Waals surface area contributed by atoms with Crippen molar-refractivity contribution in [2.45, 2.75) is 33.2 Å². The van der Waals surface area contributed by atoms with E-state index < -0.39 is 0 Å². The molecule has 0 aliphatic rings. The van der Waals surface area contributed by atoms with E-state index in [1.165, 1.54) is 0 Å². The molecular formula is C14H22N2O2. The predicted octanol–water partition coefficient (Wildman–Crippen LogP) is 1.81. The number of benzene rings is 1. The molecule has 0 bridgehead atoms. The van der Waals surface area contributed by atoms with E-state index in [0.717, 1.165) is 5.56 Å². The van der Waals surface area contributed by atoms with Crippen molar-refractivity contribution in [3.8, 4) is 0 Å². The molecule has 1 amide bonds. The van der Waals surface area contributed by atoms with Crippen LogP contribution in [0.5, 0.6) is 0 Å². The van der Waals surface area contributed by atoms with E-state index in [-0.39, 0.29) is 18.6 Å². The Labute approximate surface area is 108 Å². The molecule has 0 atom stereocenters. The van der Waals surface area contributed by atoms with Gasteiger partial charge >= 0.3 is 0 Å². The number of nitrogens with zero attached hydrogens (tertiary/aromatic N) is 1. The van der Waals surface area contributed by atoms with Crippen LogP contribution in [0.2, 0.25) is 0 Å². The van der Waals surface area contributed by atoms with Crippen LogP contribution >= 0.6 is 0 Å². The summed E-state index contributed by atoms with van der Waals surface area (Å²) >= 11 is 0. The van der Waals surface area contributed by atoms with Crippen molar-refractivity contribution < 1.29 is 9.90 Å². The first-order chi connectivity index (χ1) is 8.49. The van der Waals surface area contributed by atoms with Gasteiger partial charge in [-0.05, 0) is 38.8 Å². The number of anilines is 1. The topological polar surface area (TPSA) is 66.6 Å². The molecule has 3 N–H and O–H groups in total. The van der Waals surface area contributed by atoms with E-state index in [1.807, 2.05) is 32.9 Å². The molecule has 0 spiro atoms. The van der Waals surface area contributed by atoms with Crippen LogP contribution in [0.4, 0.5) is 5.69 Å². The first kappa shape index (κ1) is 14.5. The van der Waals surface area contributed by atoms with Gasteiger partial charge in [-0.15, -0.1) is 0 Å². The van der Waals surface area contributed by atoms with Gasteiger partial charge in [0, 0.05) is 24.9 Å². The zero-order chi connectivity index (χ0) is 13.7. The molecule has 0 radical (unpaired) electrons. The van der Waals surface area contributed by atoms with Crippen LogP contribution in [0, 0.1) is 6.92 Å². The van der Waals surface area contributed by atoms with Gasteiger partial charge < -0.3 is 15.7 Å². The standard InChI is InChI=1S/C14H22N2O2/c1-10(2)16(8-5-9-17)14(18)13-11(3)6-4-7-12(13)15/h4,6-7,10,17H,5,8-9,15H2,1-3H3. The molecule has 4 heteroatoms. The molecule has 0 saturated heterocycles. The zero-order valence-corrected chi connectivity index (χ0v) is 11.3. The summed E-state index contributed by atoms with van der Waals surface area (Å²) in [6.07, 6.45) is 0.579. The van der Waals surface area contributed by atoms with Crippen LogP contribution in [0.3, 0.4) is 0 Å². The Balaban J connectivity index is 3.02. The fourth-order valence-electron chi connectivity index (χ4n) is 1.96. The quantitative estimate of drug-likeness (QED) is 0.783. The molecule has 18 heavy (non-hydrogen) atoms. The van der Waals surface area contributed by atoms with Crippen LogP contribution in [-0.2, 0) is 0 Å². The minimum atomic E-state index is -0.0611. The third-order valence-electron chi connectivity index (χ3n) is 2.96. The molecule has 0 aliphatic carbocycles. The Kier molecular flexibility index (Phi) is 5.16. The summed E-state index contributed by atoms with van der Waals surface area (Å²) in [6.45, 7) is 6.43. The number of aryl methyl sites for hydroxylation is 1. The molecule has 0 fully saturated rings. The maximum atomic E-state index is 12.5. The Morgan fingerprint density at radius 1 is 1.44 bits per heavy atom. The normalized spacial score (nSPS) is 10.7. The molecule has 1 rings (SSSR count). The second kappa shape index (κ2) is 6.40. The van der Waals surface area contributed by atoms with Gasteiger partial charge in [0.25, 0.3) is 5.91 Å². The van der Waals surface area contributed by atoms with E-state index in [4.69, 9.17) is 10.8 Å². The molecule has 0 aliphatic heterocycles. The molecule has 0 heterocycles. The third kappa shape index (κ3) is 3.23. The molecule has 0 unspecified atom stereocenters. The van der Waals surface area contributed by atoms with Crippen LogP contribution in [0.15, 0.2) is 18.2 Å². The first-order valence-corrected chi connectivity index (χ1v) is 6.26. The van der Waals surface area contributed by atoms with Crippen molar-refractivity contribution in [1.82, 2.24) is 4.90 Å². The highest BCUT2D eigenvalue weighted by Crippen LogP contribution is 2.19. The molecule has 0 saturated carbocycles. The first-order valence-electron chi connectivity index (χ1n) is 6.26. The van der Waals surface area contributed by atoms with E-state index in [9.17, 15) is 4.79 Å². The Morgan fingerprint density at radius 2 is 2.11 bits per heavy atom. The number of nitrogens with two attached hydrogens (primary N) is 1. The summed E-state index contributed by atoms with van der Waals surface area (Å²) in [6, 6.07) is 5.55. The van der Waals surface area contributed by atoms with Crippen molar-refractivity contribution in [3.63, 3.8) is 0 Å². The molecule has 1 aromatic carbocycles. The number of aliphatic hydroxyl groups is 1. The van der Waals surface area contributed by atoms with Crippen molar-refractivity contribution in [1.29, 1.82) is 0 Å². The highest BCUT2D eigenvalue weighted by molar-refractivity contribution is 6.00. The van der Waals surface area contributed by atoms with E-state index in [1.54, 1.807) is 11.0 Å². The summed E-state index contributed by atoms with van der Waals surface area (Å²) in [7, 11) is 0. The van der Waals surface area contributed by atoms with Gasteiger partial charge in [-0.1, -0.05) is 12.1 Å². The predicted molar refractivity (Wildman–Crippen MR) is 73.5 cm³/mol. The number of carbonyl (C=O) groups excluding carboxylic acids is 1. The lowest BCUT2D eigenvalue weighted by atomic mass is 10.0. The number of aliphatic hydroxyl groups excluding tert-OH is 1. The fraction of sp³-hybridized carbons (Fsp3) is 0.500. The Hall–Kier alpha value is -1.55. The maximum Gasteiger partial charge on any atom is 0.256 e. The smallest absolute Gasteiger partial charge is 0.256 e. The van der Waals surface area contributed by atoms with E-state index in [0.29, 0.717) is 24.2 Å². The number of hydrogen-bond donors (Lipinski definition) is 2. The van der Waals surface area contributed by atoms with Gasteiger partial charge in [0.05, 0.1) is 5.56 Å². The average Bonchev–Trinajstić information content (AvgIpc) is 2.28. The Bertz CT molecular complexity index is 396. The van der Waals surface area contributed by atoms with E-state index in [2.05, 4.69) is 0 Å². The van der Waals surface area contributed by atoms with Gasteiger partial charge in [0.1, 0.15) is 0 Å². The third-order valence-corrected chi connectivity index (χ3v) is 2.96. The van der Waals surface area contributed by atoms with Gasteiger partial charge in [-0.25, -0.2) is 0 Å². The van der Waals surface area contributed by atoms with Crippen LogP contribution in [-0.4, -0.2) is 35.1 Å². The molecule has 0 aromatic heterocycles. The van der Waals surface area contributed by atoms with Crippen molar-refractivity contribution in [3.05, 3.63) is 29.3 Å². The van der Waals surface area contributed by atoms with Gasteiger partial charge in [-0.2, -0.15) is 0 Å². The summed E-state index contributed by atoms with van der Waals surface area (Å²) < 4.78 is 0. The van der Waals surface area contributed by atoms with Crippen molar-refractivity contribution in [2.75, 3.05) is 18.9 Å². The van der Waals surface area contributed by atoms with E-state index >= 15 is 0 Å². The fourth-order valence-corrected chi connectivity index (χ4v) is 1.96. The van der Waals surface area contributed by atoms with Gasteiger partial charge in [0.15, 0.2) is 0 Å². The second-order valence-corrected chi connectivity index (χ2v) is 4.71. The lowest BCUT2D eigenvalue weighted by molar-refractivity contribution is 0.0693. The summed E-state index contributed by atoms with van der Waals surface area (Å²) in [5.41, 5.74) is 7.86. The lowest BCUT2D eigenvalue weighted by Gasteiger charge is -2.27. The van der Waals surface area contributed by atoms with Crippen molar-refractivity contribution in [2.24, 2.45) is 0 Å². The lowest BCUT2D eigenvalue weighted by Crippen LogP contribution is -2.38.